The van der Waals surface area contributed by atoms with Gasteiger partial charge < -0.3 is 9.52 Å². The van der Waals surface area contributed by atoms with Crippen molar-refractivity contribution in [2.24, 2.45) is 0 Å². The Bertz CT molecular complexity index is 473. The van der Waals surface area contributed by atoms with Crippen LogP contribution in [0.2, 0.25) is 0 Å². The number of furan rings is 1. The topological polar surface area (TPSA) is 50.4 Å². The van der Waals surface area contributed by atoms with Gasteiger partial charge >= 0.3 is 5.97 Å². The predicted octanol–water partition coefficient (Wildman–Crippen LogP) is 2.27. The standard InChI is InChI=1S/C9H5FO3/c10-7-2-1-6(9(11)12)8-5(7)3-4-13-8/h1-4H,(H,11,12). The lowest BCUT2D eigenvalue weighted by atomic mass is 10.1. The maximum absolute atomic E-state index is 13.0. The molecule has 1 aromatic heterocycles. The zero-order chi connectivity index (χ0) is 9.42. The largest absolute Gasteiger partial charge is 0.478 e. The highest BCUT2D eigenvalue weighted by Crippen LogP contribution is 2.22. The second-order valence-electron chi connectivity index (χ2n) is 2.56. The summed E-state index contributed by atoms with van der Waals surface area (Å²) < 4.78 is 17.9. The summed E-state index contributed by atoms with van der Waals surface area (Å²) in [4.78, 5) is 10.6. The third-order valence-corrected chi connectivity index (χ3v) is 1.79. The van der Waals surface area contributed by atoms with Crippen LogP contribution in [0.5, 0.6) is 0 Å². The molecule has 4 heteroatoms. The third-order valence-electron chi connectivity index (χ3n) is 1.79. The molecule has 2 rings (SSSR count). The number of carboxylic acids is 1. The Kier molecular flexibility index (Phi) is 1.55. The summed E-state index contributed by atoms with van der Waals surface area (Å²) in [6.07, 6.45) is 1.26. The van der Waals surface area contributed by atoms with E-state index < -0.39 is 11.8 Å². The van der Waals surface area contributed by atoms with E-state index in [9.17, 15) is 9.18 Å². The first-order chi connectivity index (χ1) is 6.20. The van der Waals surface area contributed by atoms with Gasteiger partial charge in [-0.05, 0) is 18.2 Å². The highest BCUT2D eigenvalue weighted by Gasteiger charge is 2.13. The quantitative estimate of drug-likeness (QED) is 0.732. The first-order valence-electron chi connectivity index (χ1n) is 3.59. The van der Waals surface area contributed by atoms with Gasteiger partial charge in [0.25, 0.3) is 0 Å². The fourth-order valence-corrected chi connectivity index (χ4v) is 1.20. The molecule has 0 bridgehead atoms. The highest BCUT2D eigenvalue weighted by atomic mass is 19.1. The molecular weight excluding hydrogens is 175 g/mol. The predicted molar refractivity (Wildman–Crippen MR) is 43.1 cm³/mol. The van der Waals surface area contributed by atoms with Crippen LogP contribution in [0.15, 0.2) is 28.9 Å². The van der Waals surface area contributed by atoms with Crippen LogP contribution in [0, 0.1) is 5.82 Å². The van der Waals surface area contributed by atoms with E-state index in [-0.39, 0.29) is 16.5 Å². The van der Waals surface area contributed by atoms with Crippen molar-refractivity contribution < 1.29 is 18.7 Å². The minimum atomic E-state index is -1.13. The van der Waals surface area contributed by atoms with E-state index in [0.717, 1.165) is 6.07 Å². The van der Waals surface area contributed by atoms with Crippen LogP contribution in [0.4, 0.5) is 4.39 Å². The summed E-state index contributed by atoms with van der Waals surface area (Å²) in [5.41, 5.74) is 0.0499. The van der Waals surface area contributed by atoms with E-state index in [1.807, 2.05) is 0 Å². The van der Waals surface area contributed by atoms with Gasteiger partial charge in [-0.3, -0.25) is 0 Å². The Morgan fingerprint density at radius 1 is 1.38 bits per heavy atom. The van der Waals surface area contributed by atoms with Crippen molar-refractivity contribution >= 4 is 16.9 Å². The molecule has 1 heterocycles. The molecule has 1 aromatic carbocycles. The highest BCUT2D eigenvalue weighted by molar-refractivity contribution is 6.01. The second kappa shape index (κ2) is 2.58. The van der Waals surface area contributed by atoms with E-state index >= 15 is 0 Å². The Balaban J connectivity index is 2.86. The summed E-state index contributed by atoms with van der Waals surface area (Å²) in [7, 11) is 0. The van der Waals surface area contributed by atoms with Gasteiger partial charge in [0.1, 0.15) is 11.4 Å². The van der Waals surface area contributed by atoms with Gasteiger partial charge in [-0.25, -0.2) is 9.18 Å². The molecule has 0 fully saturated rings. The number of carbonyl (C=O) groups is 1. The number of halogens is 1. The molecule has 0 radical (unpaired) electrons. The van der Waals surface area contributed by atoms with E-state index in [1.165, 1.54) is 18.4 Å². The molecule has 1 N–H and O–H groups in total. The zero-order valence-corrected chi connectivity index (χ0v) is 6.45. The Hall–Kier alpha value is -1.84. The van der Waals surface area contributed by atoms with Crippen molar-refractivity contribution in [2.75, 3.05) is 0 Å². The first kappa shape index (κ1) is 7.79. The lowest BCUT2D eigenvalue weighted by Gasteiger charge is -1.95. The number of carboxylic acid groups (broad SMARTS) is 1. The molecule has 0 aliphatic rings. The monoisotopic (exact) mass is 180 g/mol. The fourth-order valence-electron chi connectivity index (χ4n) is 1.20. The van der Waals surface area contributed by atoms with Gasteiger partial charge in [-0.15, -0.1) is 0 Å². The Morgan fingerprint density at radius 2 is 2.15 bits per heavy atom. The van der Waals surface area contributed by atoms with Crippen molar-refractivity contribution in [2.45, 2.75) is 0 Å². The SMILES string of the molecule is O=C(O)c1ccc(F)c2ccoc12. The molecule has 2 aromatic rings. The smallest absolute Gasteiger partial charge is 0.339 e. The van der Waals surface area contributed by atoms with E-state index in [0.29, 0.717) is 0 Å². The molecule has 0 aliphatic carbocycles. The lowest BCUT2D eigenvalue weighted by molar-refractivity contribution is 0.0698. The average molecular weight is 180 g/mol. The molecule has 0 amide bonds. The molecule has 13 heavy (non-hydrogen) atoms. The Morgan fingerprint density at radius 3 is 2.85 bits per heavy atom. The van der Waals surface area contributed by atoms with Gasteiger partial charge in [-0.1, -0.05) is 0 Å². The van der Waals surface area contributed by atoms with Crippen LogP contribution < -0.4 is 0 Å². The molecule has 0 aliphatic heterocycles. The summed E-state index contributed by atoms with van der Waals surface area (Å²) in [5.74, 6) is -1.60. The molecular formula is C9H5FO3. The lowest BCUT2D eigenvalue weighted by Crippen LogP contribution is -1.96. The van der Waals surface area contributed by atoms with Gasteiger partial charge in [0.05, 0.1) is 11.6 Å². The normalized spacial score (nSPS) is 10.5. The van der Waals surface area contributed by atoms with Crippen molar-refractivity contribution in [1.82, 2.24) is 0 Å². The van der Waals surface area contributed by atoms with Crippen LogP contribution in [-0.4, -0.2) is 11.1 Å². The van der Waals surface area contributed by atoms with Crippen molar-refractivity contribution in [3.8, 4) is 0 Å². The maximum atomic E-state index is 13.0. The number of hydrogen-bond acceptors (Lipinski definition) is 2. The van der Waals surface area contributed by atoms with Crippen LogP contribution >= 0.6 is 0 Å². The van der Waals surface area contributed by atoms with E-state index in [2.05, 4.69) is 0 Å². The summed E-state index contributed by atoms with van der Waals surface area (Å²) >= 11 is 0. The molecule has 0 spiro atoms. The maximum Gasteiger partial charge on any atom is 0.339 e. The molecule has 0 atom stereocenters. The molecule has 0 saturated heterocycles. The van der Waals surface area contributed by atoms with Crippen molar-refractivity contribution in [1.29, 1.82) is 0 Å². The summed E-state index contributed by atoms with van der Waals surface area (Å²) in [6, 6.07) is 3.70. The molecule has 3 nitrogen and oxygen atoms in total. The number of benzene rings is 1. The van der Waals surface area contributed by atoms with E-state index in [4.69, 9.17) is 9.52 Å². The van der Waals surface area contributed by atoms with Gasteiger partial charge in [0.15, 0.2) is 5.58 Å². The minimum Gasteiger partial charge on any atom is -0.478 e. The van der Waals surface area contributed by atoms with Crippen molar-refractivity contribution in [3.63, 3.8) is 0 Å². The fraction of sp³-hybridized carbons (Fsp3) is 0. The average Bonchev–Trinajstić information content (AvgIpc) is 2.53. The van der Waals surface area contributed by atoms with E-state index in [1.54, 1.807) is 0 Å². The number of fused-ring (bicyclic) bond motifs is 1. The van der Waals surface area contributed by atoms with Crippen LogP contribution in [0.25, 0.3) is 11.0 Å². The first-order valence-corrected chi connectivity index (χ1v) is 3.59. The van der Waals surface area contributed by atoms with Crippen LogP contribution in [0.3, 0.4) is 0 Å². The second-order valence-corrected chi connectivity index (χ2v) is 2.56. The minimum absolute atomic E-state index is 0.0265. The molecule has 0 saturated carbocycles. The number of rotatable bonds is 1. The van der Waals surface area contributed by atoms with Gasteiger partial charge in [-0.2, -0.15) is 0 Å². The van der Waals surface area contributed by atoms with Gasteiger partial charge in [0, 0.05) is 0 Å². The molecule has 66 valence electrons. The number of hydrogen-bond donors (Lipinski definition) is 1. The summed E-state index contributed by atoms with van der Waals surface area (Å²) in [6.45, 7) is 0. The Labute approximate surface area is 72.4 Å². The van der Waals surface area contributed by atoms with Crippen molar-refractivity contribution in [3.05, 3.63) is 35.8 Å². The zero-order valence-electron chi connectivity index (χ0n) is 6.45. The number of aromatic carboxylic acids is 1. The van der Waals surface area contributed by atoms with Gasteiger partial charge in [0.2, 0.25) is 0 Å². The third kappa shape index (κ3) is 1.07. The van der Waals surface area contributed by atoms with Crippen LogP contribution in [0.1, 0.15) is 10.4 Å². The summed E-state index contributed by atoms with van der Waals surface area (Å²) in [5, 5.41) is 8.90. The molecule has 0 unspecified atom stereocenters. The van der Waals surface area contributed by atoms with Crippen LogP contribution in [-0.2, 0) is 0 Å².